The maximum absolute atomic E-state index is 12.9. The summed E-state index contributed by atoms with van der Waals surface area (Å²) in [6.07, 6.45) is 3.73. The number of hydrogen-bond acceptors (Lipinski definition) is 6. The summed E-state index contributed by atoms with van der Waals surface area (Å²) in [5.41, 5.74) is 13.1. The van der Waals surface area contributed by atoms with E-state index in [-0.39, 0.29) is 5.91 Å². The summed E-state index contributed by atoms with van der Waals surface area (Å²) in [4.78, 5) is 26.2. The Kier molecular flexibility index (Phi) is 7.36. The predicted molar refractivity (Wildman–Crippen MR) is 126 cm³/mol. The van der Waals surface area contributed by atoms with Crippen LogP contribution in [0.5, 0.6) is 0 Å². The predicted octanol–water partition coefficient (Wildman–Crippen LogP) is 1.20. The maximum atomic E-state index is 12.9. The van der Waals surface area contributed by atoms with E-state index in [1.54, 1.807) is 14.6 Å². The van der Waals surface area contributed by atoms with Crippen molar-refractivity contribution in [2.75, 3.05) is 26.2 Å². The van der Waals surface area contributed by atoms with Crippen molar-refractivity contribution in [3.8, 4) is 0 Å². The summed E-state index contributed by atoms with van der Waals surface area (Å²) in [6, 6.07) is 3.72. The molecule has 176 valence electrons. The van der Waals surface area contributed by atoms with Gasteiger partial charge in [-0.3, -0.25) is 9.59 Å². The number of carbonyl (C=O) groups is 2. The normalized spacial score (nSPS) is 22.1. The molecule has 2 saturated heterocycles. The minimum Gasteiger partial charge on any atom is -0.593 e. The smallest absolute Gasteiger partial charge is 0.253 e. The van der Waals surface area contributed by atoms with Crippen molar-refractivity contribution in [3.63, 3.8) is 0 Å². The molecule has 0 bridgehead atoms. The molecule has 9 heteroatoms. The van der Waals surface area contributed by atoms with Crippen LogP contribution in [0.3, 0.4) is 0 Å². The Morgan fingerprint density at radius 1 is 1.09 bits per heavy atom. The van der Waals surface area contributed by atoms with Gasteiger partial charge >= 0.3 is 0 Å². The van der Waals surface area contributed by atoms with Gasteiger partial charge in [-0.1, -0.05) is 0 Å². The van der Waals surface area contributed by atoms with E-state index in [4.69, 9.17) is 11.5 Å². The van der Waals surface area contributed by atoms with Crippen molar-refractivity contribution >= 4 is 29.3 Å². The van der Waals surface area contributed by atoms with Crippen LogP contribution in [0.2, 0.25) is 0 Å². The molecule has 0 aromatic heterocycles. The number of aryl methyl sites for hydroxylation is 2. The summed E-state index contributed by atoms with van der Waals surface area (Å²) in [7, 11) is 0. The standard InChI is InChI=1S/C23H34N4O4S/c1-16-14-18(20(28)26-9-5-22(3,30)6-10-26)15-17(2)19(16)4-13-32(31)27-11-7-23(25,8-12-27)21(24)29/h4,13-15,30H,5-12,25H2,1-3H3,(H2,24,29)/b13-4+/t32-/m0/s1. The molecule has 2 amide bonds. The fraction of sp³-hybridized carbons (Fsp3) is 0.565. The molecular formula is C23H34N4O4S. The molecule has 1 aromatic carbocycles. The molecule has 2 aliphatic heterocycles. The van der Waals surface area contributed by atoms with Crippen LogP contribution in [0.4, 0.5) is 0 Å². The van der Waals surface area contributed by atoms with Crippen molar-refractivity contribution in [1.29, 1.82) is 0 Å². The highest BCUT2D eigenvalue weighted by Crippen LogP contribution is 2.26. The zero-order valence-corrected chi connectivity index (χ0v) is 19.9. The van der Waals surface area contributed by atoms with Crippen molar-refractivity contribution in [1.82, 2.24) is 9.21 Å². The third kappa shape index (κ3) is 5.52. The van der Waals surface area contributed by atoms with E-state index in [2.05, 4.69) is 0 Å². The molecule has 32 heavy (non-hydrogen) atoms. The van der Waals surface area contributed by atoms with Gasteiger partial charge in [-0.2, -0.15) is 0 Å². The van der Waals surface area contributed by atoms with Crippen LogP contribution in [-0.4, -0.2) is 68.0 Å². The first-order valence-corrected chi connectivity index (χ1v) is 12.1. The number of hydrogen-bond donors (Lipinski definition) is 3. The van der Waals surface area contributed by atoms with Gasteiger partial charge in [0.15, 0.2) is 0 Å². The number of carbonyl (C=O) groups excluding carboxylic acids is 2. The van der Waals surface area contributed by atoms with Gasteiger partial charge in [-0.25, -0.2) is 0 Å². The minimum atomic E-state index is -1.35. The summed E-state index contributed by atoms with van der Waals surface area (Å²) in [5, 5.41) is 11.8. The van der Waals surface area contributed by atoms with Gasteiger partial charge in [0.1, 0.15) is 5.41 Å². The van der Waals surface area contributed by atoms with E-state index < -0.39 is 28.4 Å². The van der Waals surface area contributed by atoms with E-state index in [9.17, 15) is 19.2 Å². The third-order valence-corrected chi connectivity index (χ3v) is 7.92. The van der Waals surface area contributed by atoms with Crippen LogP contribution in [0, 0.1) is 13.8 Å². The van der Waals surface area contributed by atoms with Crippen LogP contribution in [0.25, 0.3) is 6.08 Å². The fourth-order valence-electron chi connectivity index (χ4n) is 4.26. The second-order valence-corrected chi connectivity index (χ2v) is 10.7. The summed E-state index contributed by atoms with van der Waals surface area (Å²) < 4.78 is 14.5. The average Bonchev–Trinajstić information content (AvgIpc) is 2.72. The molecule has 0 saturated carbocycles. The SMILES string of the molecule is Cc1cc(C(=O)N2CCC(C)(O)CC2)cc(C)c1/C=C/[S@+]([O-])N1CCC(N)(C(N)=O)CC1. The van der Waals surface area contributed by atoms with Crippen LogP contribution in [0.1, 0.15) is 59.7 Å². The Balaban J connectivity index is 1.66. The molecule has 2 heterocycles. The monoisotopic (exact) mass is 462 g/mol. The topological polar surface area (TPSA) is 136 Å². The number of amides is 2. The summed E-state index contributed by atoms with van der Waals surface area (Å²) >= 11 is -1.35. The molecule has 1 aromatic rings. The van der Waals surface area contributed by atoms with Crippen LogP contribution in [0.15, 0.2) is 17.5 Å². The summed E-state index contributed by atoms with van der Waals surface area (Å²) in [6.45, 7) is 7.63. The number of benzene rings is 1. The lowest BCUT2D eigenvalue weighted by molar-refractivity contribution is -0.124. The van der Waals surface area contributed by atoms with Crippen molar-refractivity contribution in [2.45, 2.75) is 57.6 Å². The average molecular weight is 463 g/mol. The maximum Gasteiger partial charge on any atom is 0.253 e. The first kappa shape index (κ1) is 24.7. The third-order valence-electron chi connectivity index (χ3n) is 6.68. The van der Waals surface area contributed by atoms with Crippen LogP contribution >= 0.6 is 0 Å². The molecule has 0 aliphatic carbocycles. The molecule has 0 unspecified atom stereocenters. The molecule has 2 fully saturated rings. The highest BCUT2D eigenvalue weighted by molar-refractivity contribution is 7.92. The zero-order valence-electron chi connectivity index (χ0n) is 19.1. The number of aliphatic hydroxyl groups is 1. The van der Waals surface area contributed by atoms with Gasteiger partial charge in [0.25, 0.3) is 5.91 Å². The summed E-state index contributed by atoms with van der Waals surface area (Å²) in [5.74, 6) is -0.548. The van der Waals surface area contributed by atoms with E-state index in [1.165, 1.54) is 0 Å². The molecule has 0 radical (unpaired) electrons. The first-order valence-electron chi connectivity index (χ1n) is 11.0. The van der Waals surface area contributed by atoms with Crippen LogP contribution < -0.4 is 11.5 Å². The molecule has 1 atom stereocenters. The van der Waals surface area contributed by atoms with Crippen molar-refractivity contribution in [3.05, 3.63) is 39.8 Å². The van der Waals surface area contributed by atoms with Gasteiger partial charge in [0, 0.05) is 31.7 Å². The van der Waals surface area contributed by atoms with E-state index in [1.807, 2.05) is 39.0 Å². The van der Waals surface area contributed by atoms with Gasteiger partial charge in [0.2, 0.25) is 5.91 Å². The Hall–Kier alpha value is -1.91. The highest BCUT2D eigenvalue weighted by atomic mass is 32.2. The molecule has 5 N–H and O–H groups in total. The molecule has 8 nitrogen and oxygen atoms in total. The Morgan fingerprint density at radius 3 is 2.12 bits per heavy atom. The van der Waals surface area contributed by atoms with Gasteiger partial charge < -0.3 is 26.0 Å². The Bertz CT molecular complexity index is 876. The number of likely N-dealkylation sites (tertiary alicyclic amines) is 1. The lowest BCUT2D eigenvalue weighted by Gasteiger charge is -2.36. The number of rotatable bonds is 5. The minimum absolute atomic E-state index is 0.0289. The Labute approximate surface area is 192 Å². The Morgan fingerprint density at radius 2 is 1.62 bits per heavy atom. The molecular weight excluding hydrogens is 428 g/mol. The zero-order chi connectivity index (χ0) is 23.7. The van der Waals surface area contributed by atoms with Gasteiger partial charge in [-0.05, 0) is 81.4 Å². The lowest BCUT2D eigenvalue weighted by atomic mass is 9.89. The fourth-order valence-corrected chi connectivity index (χ4v) is 5.23. The van der Waals surface area contributed by atoms with Gasteiger partial charge in [0.05, 0.1) is 22.5 Å². The van der Waals surface area contributed by atoms with E-state index in [0.29, 0.717) is 57.4 Å². The first-order chi connectivity index (χ1) is 14.9. The molecule has 3 rings (SSSR count). The number of nitrogens with zero attached hydrogens (tertiary/aromatic N) is 2. The largest absolute Gasteiger partial charge is 0.593 e. The lowest BCUT2D eigenvalue weighted by Crippen LogP contribution is -2.58. The van der Waals surface area contributed by atoms with Crippen molar-refractivity contribution < 1.29 is 19.2 Å². The number of nitrogens with two attached hydrogens (primary N) is 2. The van der Waals surface area contributed by atoms with Crippen LogP contribution in [-0.2, 0) is 16.2 Å². The van der Waals surface area contributed by atoms with Gasteiger partial charge in [-0.15, -0.1) is 4.31 Å². The number of primary amides is 1. The molecule has 0 spiro atoms. The quantitative estimate of drug-likeness (QED) is 0.563. The van der Waals surface area contributed by atoms with E-state index in [0.717, 1.165) is 16.7 Å². The second-order valence-electron chi connectivity index (χ2n) is 9.34. The number of piperidine rings is 2. The highest BCUT2D eigenvalue weighted by Gasteiger charge is 2.39. The molecule has 2 aliphatic rings. The second kappa shape index (κ2) is 9.52. The van der Waals surface area contributed by atoms with E-state index >= 15 is 0 Å². The van der Waals surface area contributed by atoms with Crippen molar-refractivity contribution in [2.24, 2.45) is 11.5 Å².